The Balaban J connectivity index is 3.05. The second kappa shape index (κ2) is 12.6. The molecule has 0 aromatic rings. The molecule has 7 heteroatoms. The van der Waals surface area contributed by atoms with E-state index in [-0.39, 0.29) is 11.9 Å². The van der Waals surface area contributed by atoms with Crippen LogP contribution in [0.4, 0.5) is 0 Å². The van der Waals surface area contributed by atoms with E-state index in [0.717, 1.165) is 0 Å². The lowest BCUT2D eigenvalue weighted by Gasteiger charge is -2.46. The molecule has 0 radical (unpaired) electrons. The highest BCUT2D eigenvalue weighted by Crippen LogP contribution is 2.49. The molecule has 1 atom stereocenters. The predicted molar refractivity (Wildman–Crippen MR) is 123 cm³/mol. The normalized spacial score (nSPS) is 17.7. The minimum Gasteiger partial charge on any atom is -0.518 e. The van der Waals surface area contributed by atoms with E-state index in [1.54, 1.807) is 0 Å². The van der Waals surface area contributed by atoms with Crippen molar-refractivity contribution in [2.24, 2.45) is 5.92 Å². The Kier molecular flexibility index (Phi) is 11.6. The van der Waals surface area contributed by atoms with Gasteiger partial charge in [-0.2, -0.15) is 0 Å². The lowest BCUT2D eigenvalue weighted by atomic mass is 10.0. The first-order valence-corrected chi connectivity index (χ1v) is 15.9. The molecule has 172 valence electrons. The van der Waals surface area contributed by atoms with E-state index in [1.165, 1.54) is 32.1 Å². The summed E-state index contributed by atoms with van der Waals surface area (Å²) < 4.78 is 24.5. The first-order valence-electron chi connectivity index (χ1n) is 11.8. The van der Waals surface area contributed by atoms with Crippen LogP contribution in [0.2, 0.25) is 22.7 Å². The minimum atomic E-state index is -2.88. The Hall–Kier alpha value is -0.216. The number of hydrogen-bond donors (Lipinski definition) is 0. The zero-order valence-corrected chi connectivity index (χ0v) is 22.2. The highest BCUT2D eigenvalue weighted by Gasteiger charge is 2.53. The fourth-order valence-corrected chi connectivity index (χ4v) is 13.7. The van der Waals surface area contributed by atoms with Gasteiger partial charge in [-0.1, -0.05) is 53.9 Å². The van der Waals surface area contributed by atoms with Gasteiger partial charge in [-0.05, 0) is 50.2 Å². The van der Waals surface area contributed by atoms with Crippen LogP contribution in [0.3, 0.4) is 0 Å². The molecule has 1 rings (SSSR count). The molecule has 0 aromatic heterocycles. The number of rotatable bonds is 13. The van der Waals surface area contributed by atoms with Gasteiger partial charge >= 0.3 is 8.80 Å². The van der Waals surface area contributed by atoms with Gasteiger partial charge in [-0.3, -0.25) is 4.79 Å². The molecule has 29 heavy (non-hydrogen) atoms. The molecule has 0 heterocycles. The Labute approximate surface area is 181 Å². The predicted octanol–water partition coefficient (Wildman–Crippen LogP) is 6.31. The Morgan fingerprint density at radius 1 is 0.828 bits per heavy atom. The zero-order valence-electron chi connectivity index (χ0n) is 20.2. The molecule has 0 bridgehead atoms. The fourth-order valence-electron chi connectivity index (χ4n) is 5.18. The zero-order chi connectivity index (χ0) is 22.1. The van der Waals surface area contributed by atoms with Gasteiger partial charge in [0.2, 0.25) is 0 Å². The van der Waals surface area contributed by atoms with Gasteiger partial charge in [0.05, 0.1) is 5.92 Å². The maximum Gasteiger partial charge on any atom is 0.501 e. The van der Waals surface area contributed by atoms with Gasteiger partial charge < -0.3 is 17.7 Å². The molecule has 0 amide bonds. The van der Waals surface area contributed by atoms with E-state index < -0.39 is 17.1 Å². The van der Waals surface area contributed by atoms with E-state index in [2.05, 4.69) is 27.7 Å². The van der Waals surface area contributed by atoms with Gasteiger partial charge in [-0.15, -0.1) is 0 Å². The lowest BCUT2D eigenvalue weighted by Crippen LogP contribution is -2.53. The van der Waals surface area contributed by atoms with Crippen LogP contribution in [0.1, 0.15) is 87.5 Å². The van der Waals surface area contributed by atoms with Crippen LogP contribution in [0, 0.1) is 5.92 Å². The summed E-state index contributed by atoms with van der Waals surface area (Å²) in [7, 11) is -5.14. The van der Waals surface area contributed by atoms with Gasteiger partial charge in [-0.25, -0.2) is 0 Å². The van der Waals surface area contributed by atoms with Gasteiger partial charge in [0, 0.05) is 25.9 Å². The van der Waals surface area contributed by atoms with Crippen molar-refractivity contribution >= 4 is 23.1 Å². The van der Waals surface area contributed by atoms with Crippen molar-refractivity contribution in [1.29, 1.82) is 0 Å². The van der Waals surface area contributed by atoms with Gasteiger partial charge in [0.1, 0.15) is 0 Å². The molecule has 5 nitrogen and oxygen atoms in total. The van der Waals surface area contributed by atoms with Crippen LogP contribution in [0.5, 0.6) is 0 Å². The third-order valence-corrected chi connectivity index (χ3v) is 15.7. The Morgan fingerprint density at radius 2 is 1.28 bits per heavy atom. The van der Waals surface area contributed by atoms with Crippen LogP contribution in [-0.2, 0) is 22.5 Å². The molecule has 0 aliphatic heterocycles. The summed E-state index contributed by atoms with van der Waals surface area (Å²) in [5, 5.41) is 0. The lowest BCUT2D eigenvalue weighted by molar-refractivity contribution is -0.139. The van der Waals surface area contributed by atoms with E-state index in [0.29, 0.717) is 42.5 Å². The summed E-state index contributed by atoms with van der Waals surface area (Å²) in [5.41, 5.74) is 1.39. The topological polar surface area (TPSA) is 54.0 Å². The van der Waals surface area contributed by atoms with E-state index >= 15 is 0 Å². The van der Waals surface area contributed by atoms with Crippen LogP contribution < -0.4 is 0 Å². The molecule has 0 saturated heterocycles. The third-order valence-electron chi connectivity index (χ3n) is 6.38. The summed E-state index contributed by atoms with van der Waals surface area (Å²) in [6, 6.07) is 0.479. The second-order valence-electron chi connectivity index (χ2n) is 9.01. The summed E-state index contributed by atoms with van der Waals surface area (Å²) in [6.07, 6.45) is 6.26. The van der Waals surface area contributed by atoms with Crippen molar-refractivity contribution in [2.75, 3.05) is 19.8 Å². The van der Waals surface area contributed by atoms with E-state index in [1.807, 2.05) is 27.7 Å². The number of hydrogen-bond acceptors (Lipinski definition) is 5. The molecule has 0 N–H and O–H groups in total. The molecule has 1 aliphatic rings. The highest BCUT2D eigenvalue weighted by molar-refractivity contribution is 6.79. The average molecular weight is 447 g/mol. The van der Waals surface area contributed by atoms with Crippen molar-refractivity contribution in [1.82, 2.24) is 0 Å². The molecule has 0 spiro atoms. The van der Waals surface area contributed by atoms with Crippen LogP contribution in [-0.4, -0.2) is 42.9 Å². The first-order chi connectivity index (χ1) is 13.7. The van der Waals surface area contributed by atoms with Crippen LogP contribution in [0.15, 0.2) is 0 Å². The molecule has 1 aliphatic carbocycles. The second-order valence-corrected chi connectivity index (χ2v) is 16.7. The third kappa shape index (κ3) is 6.89. The molecule has 1 saturated carbocycles. The number of carbonyl (C=O) groups excluding carboxylic acids is 1. The largest absolute Gasteiger partial charge is 0.518 e. The summed E-state index contributed by atoms with van der Waals surface area (Å²) in [5.74, 6) is -0.375. The van der Waals surface area contributed by atoms with Crippen molar-refractivity contribution in [3.05, 3.63) is 0 Å². The van der Waals surface area contributed by atoms with E-state index in [9.17, 15) is 4.79 Å². The highest BCUT2D eigenvalue weighted by atomic mass is 28.4. The minimum absolute atomic E-state index is 0.0828. The number of carbonyl (C=O) groups is 1. The molecular weight excluding hydrogens is 400 g/mol. The smallest absolute Gasteiger partial charge is 0.501 e. The fraction of sp³-hybridized carbons (Fsp3) is 0.955. The molecule has 1 unspecified atom stereocenters. The summed E-state index contributed by atoms with van der Waals surface area (Å²) >= 11 is 0. The van der Waals surface area contributed by atoms with Crippen LogP contribution >= 0.6 is 0 Å². The summed E-state index contributed by atoms with van der Waals surface area (Å²) in [4.78, 5) is 13.4. The van der Waals surface area contributed by atoms with Gasteiger partial charge in [0.25, 0.3) is 14.3 Å². The molecule has 0 aromatic carbocycles. The Morgan fingerprint density at radius 3 is 1.66 bits per heavy atom. The maximum absolute atomic E-state index is 13.4. The SMILES string of the molecule is CCO[Si](CC(C)C(=O)O[Si](C(C)C)(C(C)C)C1CCCCC1)(OCC)OCC. The maximum atomic E-state index is 13.4. The van der Waals surface area contributed by atoms with E-state index in [4.69, 9.17) is 17.7 Å². The van der Waals surface area contributed by atoms with Crippen LogP contribution in [0.25, 0.3) is 0 Å². The van der Waals surface area contributed by atoms with Crippen molar-refractivity contribution in [3.8, 4) is 0 Å². The molecule has 1 fully saturated rings. The average Bonchev–Trinajstić information content (AvgIpc) is 2.66. The van der Waals surface area contributed by atoms with Gasteiger partial charge in [0.15, 0.2) is 0 Å². The summed E-state index contributed by atoms with van der Waals surface area (Å²) in [6.45, 7) is 18.4. The quantitative estimate of drug-likeness (QED) is 0.310. The standard InChI is InChI=1S/C22H46O5Si2/c1-9-24-28(25-10-2,26-11-3)17-20(8)22(23)27-29(18(4)5,19(6)7)21-15-13-12-14-16-21/h18-21H,9-17H2,1-8H3. The first kappa shape index (κ1) is 26.8. The molecular formula is C22H46O5Si2. The van der Waals surface area contributed by atoms with Crippen molar-refractivity contribution in [2.45, 2.75) is 110 Å². The Bertz CT molecular complexity index is 453. The monoisotopic (exact) mass is 446 g/mol. The van der Waals surface area contributed by atoms with Crippen molar-refractivity contribution < 1.29 is 22.5 Å². The van der Waals surface area contributed by atoms with Crippen molar-refractivity contribution in [3.63, 3.8) is 0 Å².